The molecule has 0 saturated carbocycles. The van der Waals surface area contributed by atoms with Gasteiger partial charge in [0, 0.05) is 18.6 Å². The summed E-state index contributed by atoms with van der Waals surface area (Å²) >= 11 is 0. The van der Waals surface area contributed by atoms with Crippen LogP contribution in [0.25, 0.3) is 0 Å². The molecule has 1 nitrogen and oxygen atoms in total. The summed E-state index contributed by atoms with van der Waals surface area (Å²) in [4.78, 5) is 2.72. The minimum atomic E-state index is 0.806. The molecule has 0 aromatic heterocycles. The summed E-state index contributed by atoms with van der Waals surface area (Å²) in [5, 5.41) is 0. The number of nitrogens with zero attached hydrogens (tertiary/aromatic N) is 1. The molecule has 0 aromatic carbocycles. The lowest BCUT2D eigenvalue weighted by Gasteiger charge is -2.53. The third kappa shape index (κ3) is 2.31. The summed E-state index contributed by atoms with van der Waals surface area (Å²) in [5.41, 5.74) is 0. The molecular formula is C13H27N. The van der Waals surface area contributed by atoms with Gasteiger partial charge in [0.2, 0.25) is 0 Å². The van der Waals surface area contributed by atoms with Crippen LogP contribution in [-0.2, 0) is 0 Å². The van der Waals surface area contributed by atoms with Gasteiger partial charge in [-0.2, -0.15) is 0 Å². The number of rotatable bonds is 5. The Hall–Kier alpha value is -0.0400. The molecule has 0 radical (unpaired) electrons. The maximum Gasteiger partial charge on any atom is 0.0138 e. The fourth-order valence-electron chi connectivity index (χ4n) is 2.89. The highest BCUT2D eigenvalue weighted by molar-refractivity contribution is 4.94. The van der Waals surface area contributed by atoms with Gasteiger partial charge in [-0.25, -0.2) is 0 Å². The van der Waals surface area contributed by atoms with Crippen molar-refractivity contribution in [3.63, 3.8) is 0 Å². The van der Waals surface area contributed by atoms with Crippen molar-refractivity contribution in [2.24, 2.45) is 11.8 Å². The summed E-state index contributed by atoms with van der Waals surface area (Å²) < 4.78 is 0. The second-order valence-electron chi connectivity index (χ2n) is 5.22. The van der Waals surface area contributed by atoms with Crippen LogP contribution in [0.5, 0.6) is 0 Å². The molecule has 1 rings (SSSR count). The van der Waals surface area contributed by atoms with Crippen molar-refractivity contribution in [1.29, 1.82) is 0 Å². The van der Waals surface area contributed by atoms with Crippen LogP contribution in [-0.4, -0.2) is 23.5 Å². The first kappa shape index (κ1) is 12.0. The molecule has 0 N–H and O–H groups in total. The summed E-state index contributed by atoms with van der Waals surface area (Å²) in [6, 6.07) is 1.68. The fraction of sp³-hybridized carbons (Fsp3) is 1.00. The van der Waals surface area contributed by atoms with Crippen LogP contribution in [0, 0.1) is 11.8 Å². The highest BCUT2D eigenvalue weighted by atomic mass is 15.2. The first-order chi connectivity index (χ1) is 6.61. The summed E-state index contributed by atoms with van der Waals surface area (Å²) in [6.07, 6.45) is 4.01. The van der Waals surface area contributed by atoms with E-state index in [1.165, 1.54) is 25.8 Å². The van der Waals surface area contributed by atoms with Crippen LogP contribution < -0.4 is 0 Å². The molecule has 1 aliphatic rings. The van der Waals surface area contributed by atoms with Crippen LogP contribution >= 0.6 is 0 Å². The minimum absolute atomic E-state index is 0.806. The van der Waals surface area contributed by atoms with Crippen LogP contribution in [0.4, 0.5) is 0 Å². The van der Waals surface area contributed by atoms with Crippen molar-refractivity contribution < 1.29 is 0 Å². The van der Waals surface area contributed by atoms with Crippen molar-refractivity contribution in [2.75, 3.05) is 6.54 Å². The molecule has 0 amide bonds. The molecule has 0 aliphatic carbocycles. The molecule has 0 spiro atoms. The van der Waals surface area contributed by atoms with Gasteiger partial charge in [-0.1, -0.05) is 34.1 Å². The van der Waals surface area contributed by atoms with Crippen molar-refractivity contribution in [2.45, 2.75) is 66.0 Å². The number of hydrogen-bond acceptors (Lipinski definition) is 1. The Bertz CT molecular complexity index is 165. The maximum absolute atomic E-state index is 2.72. The molecule has 0 aromatic rings. The third-order valence-corrected chi connectivity index (χ3v) is 3.89. The Balaban J connectivity index is 2.43. The van der Waals surface area contributed by atoms with E-state index < -0.39 is 0 Å². The van der Waals surface area contributed by atoms with Crippen LogP contribution in [0.3, 0.4) is 0 Å². The van der Waals surface area contributed by atoms with E-state index in [4.69, 9.17) is 0 Å². The minimum Gasteiger partial charge on any atom is -0.297 e. The van der Waals surface area contributed by atoms with Gasteiger partial charge in [0.1, 0.15) is 0 Å². The second kappa shape index (κ2) is 5.16. The van der Waals surface area contributed by atoms with Crippen molar-refractivity contribution in [3.05, 3.63) is 0 Å². The van der Waals surface area contributed by atoms with Crippen LogP contribution in [0.15, 0.2) is 0 Å². The lowest BCUT2D eigenvalue weighted by Crippen LogP contribution is -2.60. The lowest BCUT2D eigenvalue weighted by molar-refractivity contribution is -0.0435. The first-order valence-electron chi connectivity index (χ1n) is 6.37. The van der Waals surface area contributed by atoms with Gasteiger partial charge < -0.3 is 0 Å². The Morgan fingerprint density at radius 3 is 2.29 bits per heavy atom. The summed E-state index contributed by atoms with van der Waals surface area (Å²) in [6.45, 7) is 13.1. The molecule has 1 heterocycles. The van der Waals surface area contributed by atoms with Crippen molar-refractivity contribution in [3.8, 4) is 0 Å². The van der Waals surface area contributed by atoms with E-state index in [-0.39, 0.29) is 0 Å². The SMILES string of the molecule is CCCC(C)N1CC(C(C)C)C1CC. The normalized spacial score (nSPS) is 30.4. The molecule has 3 atom stereocenters. The Labute approximate surface area is 89.9 Å². The zero-order chi connectivity index (χ0) is 10.7. The van der Waals surface area contributed by atoms with Crippen LogP contribution in [0.2, 0.25) is 0 Å². The van der Waals surface area contributed by atoms with E-state index in [0.717, 1.165) is 23.9 Å². The van der Waals surface area contributed by atoms with Gasteiger partial charge in [-0.3, -0.25) is 4.90 Å². The quantitative estimate of drug-likeness (QED) is 0.651. The maximum atomic E-state index is 2.72. The summed E-state index contributed by atoms with van der Waals surface area (Å²) in [5.74, 6) is 1.82. The molecule has 1 heteroatoms. The van der Waals surface area contributed by atoms with Gasteiger partial charge in [0.25, 0.3) is 0 Å². The van der Waals surface area contributed by atoms with E-state index in [1.54, 1.807) is 0 Å². The number of likely N-dealkylation sites (tertiary alicyclic amines) is 1. The Morgan fingerprint density at radius 2 is 1.86 bits per heavy atom. The van der Waals surface area contributed by atoms with Crippen LogP contribution in [0.1, 0.15) is 53.9 Å². The number of hydrogen-bond donors (Lipinski definition) is 0. The molecular weight excluding hydrogens is 170 g/mol. The van der Waals surface area contributed by atoms with E-state index in [9.17, 15) is 0 Å². The molecule has 14 heavy (non-hydrogen) atoms. The average molecular weight is 197 g/mol. The predicted molar refractivity (Wildman–Crippen MR) is 63.5 cm³/mol. The zero-order valence-electron chi connectivity index (χ0n) is 10.6. The molecule has 84 valence electrons. The van der Waals surface area contributed by atoms with Gasteiger partial charge >= 0.3 is 0 Å². The second-order valence-corrected chi connectivity index (χ2v) is 5.22. The highest BCUT2D eigenvalue weighted by Gasteiger charge is 2.40. The Morgan fingerprint density at radius 1 is 1.21 bits per heavy atom. The van der Waals surface area contributed by atoms with E-state index in [1.807, 2.05) is 0 Å². The zero-order valence-corrected chi connectivity index (χ0v) is 10.6. The Kier molecular flexibility index (Phi) is 4.43. The van der Waals surface area contributed by atoms with E-state index in [2.05, 4.69) is 39.5 Å². The van der Waals surface area contributed by atoms with Gasteiger partial charge in [-0.15, -0.1) is 0 Å². The summed E-state index contributed by atoms with van der Waals surface area (Å²) in [7, 11) is 0. The highest BCUT2D eigenvalue weighted by Crippen LogP contribution is 2.35. The molecule has 0 bridgehead atoms. The van der Waals surface area contributed by atoms with E-state index in [0.29, 0.717) is 0 Å². The first-order valence-corrected chi connectivity index (χ1v) is 6.37. The predicted octanol–water partition coefficient (Wildman–Crippen LogP) is 3.54. The van der Waals surface area contributed by atoms with Gasteiger partial charge in [0.15, 0.2) is 0 Å². The third-order valence-electron chi connectivity index (χ3n) is 3.89. The lowest BCUT2D eigenvalue weighted by atomic mass is 9.77. The largest absolute Gasteiger partial charge is 0.297 e. The molecule has 1 fully saturated rings. The van der Waals surface area contributed by atoms with Crippen molar-refractivity contribution in [1.82, 2.24) is 4.90 Å². The topological polar surface area (TPSA) is 3.24 Å². The molecule has 3 unspecified atom stereocenters. The average Bonchev–Trinajstić information content (AvgIpc) is 2.02. The molecule has 1 aliphatic heterocycles. The van der Waals surface area contributed by atoms with E-state index >= 15 is 0 Å². The van der Waals surface area contributed by atoms with Gasteiger partial charge in [0.05, 0.1) is 0 Å². The van der Waals surface area contributed by atoms with Gasteiger partial charge in [-0.05, 0) is 31.6 Å². The smallest absolute Gasteiger partial charge is 0.0138 e. The fourth-order valence-corrected chi connectivity index (χ4v) is 2.89. The monoisotopic (exact) mass is 197 g/mol. The molecule has 1 saturated heterocycles. The standard InChI is InChI=1S/C13H27N/c1-6-8-11(5)14-9-12(10(3)4)13(14)7-2/h10-13H,6-9H2,1-5H3. The van der Waals surface area contributed by atoms with Crippen molar-refractivity contribution >= 4 is 0 Å².